The van der Waals surface area contributed by atoms with Crippen LogP contribution < -0.4 is 5.73 Å². The van der Waals surface area contributed by atoms with Gasteiger partial charge < -0.3 is 20.2 Å². The zero-order chi connectivity index (χ0) is 19.8. The summed E-state index contributed by atoms with van der Waals surface area (Å²) in [5.41, 5.74) is 8.06. The fraction of sp³-hybridized carbons (Fsp3) is 0.143. The Kier molecular flexibility index (Phi) is 4.35. The topological polar surface area (TPSA) is 96.8 Å². The molecule has 0 spiro atoms. The predicted molar refractivity (Wildman–Crippen MR) is 102 cm³/mol. The van der Waals surface area contributed by atoms with Crippen LogP contribution in [0.4, 0.5) is 9.18 Å². The van der Waals surface area contributed by atoms with Gasteiger partial charge in [-0.25, -0.2) is 9.18 Å². The molecule has 0 radical (unpaired) electrons. The molecule has 0 saturated carbocycles. The van der Waals surface area contributed by atoms with Crippen molar-refractivity contribution in [3.8, 4) is 11.1 Å². The molecule has 0 unspecified atom stereocenters. The molecular formula is C21H17FN2O4. The number of nitrogens with zero attached hydrogens (tertiary/aromatic N) is 1. The van der Waals surface area contributed by atoms with Crippen molar-refractivity contribution >= 4 is 28.5 Å². The van der Waals surface area contributed by atoms with Crippen molar-refractivity contribution in [1.29, 1.82) is 0 Å². The number of rotatable bonds is 3. The number of primary amides is 1. The van der Waals surface area contributed by atoms with Crippen molar-refractivity contribution in [3.05, 3.63) is 65.7 Å². The van der Waals surface area contributed by atoms with Crippen molar-refractivity contribution in [2.45, 2.75) is 6.42 Å². The Hall–Kier alpha value is -3.61. The Bertz CT molecular complexity index is 1130. The number of hydrogen-bond acceptors (Lipinski definition) is 3. The molecule has 0 bridgehead atoms. The van der Waals surface area contributed by atoms with Crippen LogP contribution in [0.2, 0.25) is 0 Å². The van der Waals surface area contributed by atoms with Gasteiger partial charge in [-0.3, -0.25) is 4.79 Å². The average molecular weight is 380 g/mol. The standard InChI is InChI=1S/C21H17FN2O4/c22-17-10-14(1-3-16(17)20(23)25)13-2-4-18-15(9-13)11-19(28-18)12-5-7-24(8-6-12)21(26)27/h1-5,9-11H,6-8H2,(H2,23,25)(H,26,27). The lowest BCUT2D eigenvalue weighted by Crippen LogP contribution is -2.33. The van der Waals surface area contributed by atoms with Crippen LogP contribution in [-0.2, 0) is 0 Å². The van der Waals surface area contributed by atoms with E-state index >= 15 is 0 Å². The highest BCUT2D eigenvalue weighted by molar-refractivity contribution is 5.94. The molecule has 7 heteroatoms. The minimum Gasteiger partial charge on any atom is -0.465 e. The van der Waals surface area contributed by atoms with Crippen LogP contribution in [0.15, 0.2) is 53.0 Å². The van der Waals surface area contributed by atoms with E-state index < -0.39 is 17.8 Å². The fourth-order valence-corrected chi connectivity index (χ4v) is 3.34. The van der Waals surface area contributed by atoms with Crippen LogP contribution in [-0.4, -0.2) is 35.1 Å². The number of nitrogens with two attached hydrogens (primary N) is 1. The molecule has 4 rings (SSSR count). The van der Waals surface area contributed by atoms with Gasteiger partial charge in [0.2, 0.25) is 0 Å². The van der Waals surface area contributed by atoms with Crippen LogP contribution in [0.25, 0.3) is 27.7 Å². The van der Waals surface area contributed by atoms with Crippen molar-refractivity contribution < 1.29 is 23.5 Å². The molecule has 1 aliphatic heterocycles. The van der Waals surface area contributed by atoms with Crippen molar-refractivity contribution in [2.24, 2.45) is 5.73 Å². The van der Waals surface area contributed by atoms with Gasteiger partial charge >= 0.3 is 6.09 Å². The molecule has 2 aromatic carbocycles. The molecule has 0 aliphatic carbocycles. The van der Waals surface area contributed by atoms with Gasteiger partial charge in [-0.05, 0) is 53.5 Å². The lowest BCUT2D eigenvalue weighted by molar-refractivity contribution is 0.0996. The number of hydrogen-bond donors (Lipinski definition) is 2. The van der Waals surface area contributed by atoms with Gasteiger partial charge in [-0.15, -0.1) is 0 Å². The van der Waals surface area contributed by atoms with Gasteiger partial charge in [0.05, 0.1) is 5.56 Å². The molecule has 3 N–H and O–H groups in total. The molecule has 0 atom stereocenters. The van der Waals surface area contributed by atoms with E-state index in [2.05, 4.69) is 0 Å². The third-order valence-electron chi connectivity index (χ3n) is 4.88. The SMILES string of the molecule is NC(=O)c1ccc(-c2ccc3oc(C4=CCN(C(=O)O)CC4)cc3c2)cc1F. The van der Waals surface area contributed by atoms with Crippen LogP contribution >= 0.6 is 0 Å². The van der Waals surface area contributed by atoms with E-state index in [1.807, 2.05) is 24.3 Å². The molecule has 0 fully saturated rings. The highest BCUT2D eigenvalue weighted by Crippen LogP contribution is 2.32. The molecule has 1 aromatic heterocycles. The number of fused-ring (bicyclic) bond motifs is 1. The Balaban J connectivity index is 1.65. The van der Waals surface area contributed by atoms with E-state index in [0.717, 1.165) is 16.5 Å². The zero-order valence-electron chi connectivity index (χ0n) is 14.8. The summed E-state index contributed by atoms with van der Waals surface area (Å²) in [5, 5.41) is 9.89. The normalized spacial score (nSPS) is 14.2. The van der Waals surface area contributed by atoms with Gasteiger partial charge in [-0.2, -0.15) is 0 Å². The van der Waals surface area contributed by atoms with E-state index in [9.17, 15) is 14.0 Å². The van der Waals surface area contributed by atoms with Crippen LogP contribution in [0.1, 0.15) is 22.5 Å². The number of benzene rings is 2. The van der Waals surface area contributed by atoms with E-state index in [0.29, 0.717) is 36.4 Å². The predicted octanol–water partition coefficient (Wildman–Crippen LogP) is 4.10. The van der Waals surface area contributed by atoms with Gasteiger partial charge in [0, 0.05) is 18.5 Å². The lowest BCUT2D eigenvalue weighted by atomic mass is 10.0. The third-order valence-corrected chi connectivity index (χ3v) is 4.88. The number of furan rings is 1. The molecule has 28 heavy (non-hydrogen) atoms. The lowest BCUT2D eigenvalue weighted by Gasteiger charge is -2.22. The number of halogens is 1. The van der Waals surface area contributed by atoms with Crippen LogP contribution in [0.5, 0.6) is 0 Å². The van der Waals surface area contributed by atoms with Crippen LogP contribution in [0.3, 0.4) is 0 Å². The largest absolute Gasteiger partial charge is 0.465 e. The Morgan fingerprint density at radius 2 is 1.86 bits per heavy atom. The smallest absolute Gasteiger partial charge is 0.407 e. The van der Waals surface area contributed by atoms with Crippen molar-refractivity contribution in [1.82, 2.24) is 4.90 Å². The van der Waals surface area contributed by atoms with E-state index in [-0.39, 0.29) is 5.56 Å². The maximum Gasteiger partial charge on any atom is 0.407 e. The average Bonchev–Trinajstić information content (AvgIpc) is 3.11. The number of carbonyl (C=O) groups excluding carboxylic acids is 1. The molecule has 6 nitrogen and oxygen atoms in total. The van der Waals surface area contributed by atoms with E-state index in [1.54, 1.807) is 12.1 Å². The Morgan fingerprint density at radius 3 is 2.50 bits per heavy atom. The molecule has 142 valence electrons. The van der Waals surface area contributed by atoms with E-state index in [1.165, 1.54) is 17.0 Å². The molecule has 1 aliphatic rings. The summed E-state index contributed by atoms with van der Waals surface area (Å²) in [4.78, 5) is 23.5. The Labute approximate surface area is 159 Å². The van der Waals surface area contributed by atoms with Crippen molar-refractivity contribution in [3.63, 3.8) is 0 Å². The summed E-state index contributed by atoms with van der Waals surface area (Å²) in [5.74, 6) is -0.762. The zero-order valence-corrected chi connectivity index (χ0v) is 14.8. The summed E-state index contributed by atoms with van der Waals surface area (Å²) in [6, 6.07) is 11.7. The summed E-state index contributed by atoms with van der Waals surface area (Å²) >= 11 is 0. The van der Waals surface area contributed by atoms with Gasteiger partial charge in [-0.1, -0.05) is 18.2 Å². The van der Waals surface area contributed by atoms with E-state index in [4.69, 9.17) is 15.3 Å². The van der Waals surface area contributed by atoms with Gasteiger partial charge in [0.15, 0.2) is 0 Å². The molecule has 3 aromatic rings. The second kappa shape index (κ2) is 6.84. The second-order valence-corrected chi connectivity index (χ2v) is 6.63. The summed E-state index contributed by atoms with van der Waals surface area (Å²) < 4.78 is 20.0. The highest BCUT2D eigenvalue weighted by atomic mass is 19.1. The Morgan fingerprint density at radius 1 is 1.11 bits per heavy atom. The molecule has 0 saturated heterocycles. The fourth-order valence-electron chi connectivity index (χ4n) is 3.34. The summed E-state index contributed by atoms with van der Waals surface area (Å²) in [6.07, 6.45) is 1.51. The monoisotopic (exact) mass is 380 g/mol. The minimum atomic E-state index is -0.931. The van der Waals surface area contributed by atoms with Crippen LogP contribution in [0, 0.1) is 5.82 Å². The second-order valence-electron chi connectivity index (χ2n) is 6.63. The molecular weight excluding hydrogens is 363 g/mol. The van der Waals surface area contributed by atoms with Gasteiger partial charge in [0.1, 0.15) is 17.2 Å². The maximum atomic E-state index is 14.1. The minimum absolute atomic E-state index is 0.143. The first-order valence-electron chi connectivity index (χ1n) is 8.73. The summed E-state index contributed by atoms with van der Waals surface area (Å²) in [6.45, 7) is 0.757. The number of amides is 2. The number of carboxylic acid groups (broad SMARTS) is 1. The number of carbonyl (C=O) groups is 2. The molecule has 2 amide bonds. The quantitative estimate of drug-likeness (QED) is 0.715. The first kappa shape index (κ1) is 17.8. The maximum absolute atomic E-state index is 14.1. The first-order chi connectivity index (χ1) is 13.4. The summed E-state index contributed by atoms with van der Waals surface area (Å²) in [7, 11) is 0. The third kappa shape index (κ3) is 3.22. The first-order valence-corrected chi connectivity index (χ1v) is 8.73. The highest BCUT2D eigenvalue weighted by Gasteiger charge is 2.19. The molecule has 2 heterocycles. The van der Waals surface area contributed by atoms with Gasteiger partial charge in [0.25, 0.3) is 5.91 Å². The van der Waals surface area contributed by atoms with Crippen molar-refractivity contribution in [2.75, 3.05) is 13.1 Å².